The van der Waals surface area contributed by atoms with E-state index in [4.69, 9.17) is 14.2 Å². The van der Waals surface area contributed by atoms with Gasteiger partial charge < -0.3 is 19.1 Å². The third-order valence-electron chi connectivity index (χ3n) is 5.81. The van der Waals surface area contributed by atoms with Gasteiger partial charge in [0.15, 0.2) is 11.5 Å². The Hall–Kier alpha value is -2.71. The Labute approximate surface area is 194 Å². The van der Waals surface area contributed by atoms with Gasteiger partial charge in [-0.1, -0.05) is 71.0 Å². The second kappa shape index (κ2) is 10.7. The van der Waals surface area contributed by atoms with E-state index < -0.39 is 0 Å². The summed E-state index contributed by atoms with van der Waals surface area (Å²) in [5.41, 5.74) is 3.47. The topological polar surface area (TPSA) is 30.9 Å². The van der Waals surface area contributed by atoms with E-state index >= 15 is 0 Å². The van der Waals surface area contributed by atoms with Crippen LogP contribution in [-0.4, -0.2) is 28.3 Å². The number of para-hydroxylation sites is 1. The molecule has 0 heterocycles. The predicted molar refractivity (Wildman–Crippen MR) is 137 cm³/mol. The summed E-state index contributed by atoms with van der Waals surface area (Å²) in [6.07, 6.45) is 0.950. The molecule has 0 radical (unpaired) electrons. The summed E-state index contributed by atoms with van der Waals surface area (Å²) < 4.78 is 17.8. The minimum Gasteiger partial charge on any atom is -0.497 e. The molecule has 0 saturated carbocycles. The predicted octanol–water partition coefficient (Wildman–Crippen LogP) is 5.98. The summed E-state index contributed by atoms with van der Waals surface area (Å²) in [6, 6.07) is 22.8. The molecule has 3 rings (SSSR count). The molecule has 0 N–H and O–H groups in total. The van der Waals surface area contributed by atoms with E-state index in [1.807, 2.05) is 24.3 Å². The fourth-order valence-electron chi connectivity index (χ4n) is 3.75. The van der Waals surface area contributed by atoms with Gasteiger partial charge in [-0.25, -0.2) is 0 Å². The molecule has 0 spiro atoms. The van der Waals surface area contributed by atoms with Gasteiger partial charge in [0, 0.05) is 36.6 Å². The van der Waals surface area contributed by atoms with E-state index in [1.165, 1.54) is 11.0 Å². The first-order chi connectivity index (χ1) is 15.4. The van der Waals surface area contributed by atoms with Crippen LogP contribution in [0.5, 0.6) is 17.2 Å². The Balaban J connectivity index is 2.07. The summed E-state index contributed by atoms with van der Waals surface area (Å²) in [5, 5.41) is 1.18. The molecule has 0 amide bonds. The fourth-order valence-corrected chi connectivity index (χ4v) is 5.45. The van der Waals surface area contributed by atoms with Gasteiger partial charge in [0.2, 0.25) is 0 Å². The lowest BCUT2D eigenvalue weighted by molar-refractivity contribution is 0.277. The molecule has 3 aromatic rings. The Morgan fingerprint density at radius 1 is 0.906 bits per heavy atom. The van der Waals surface area contributed by atoms with Crippen molar-refractivity contribution in [2.75, 3.05) is 33.2 Å². The summed E-state index contributed by atoms with van der Waals surface area (Å²) in [4.78, 5) is 2.18. The molecule has 0 aromatic heterocycles. The molecule has 3 aromatic carbocycles. The van der Waals surface area contributed by atoms with E-state index in [0.717, 1.165) is 29.0 Å². The number of ether oxygens (including phenoxy) is 3. The first-order valence-corrected chi connectivity index (χ1v) is 11.9. The highest BCUT2D eigenvalue weighted by molar-refractivity contribution is 7.49. The maximum Gasteiger partial charge on any atom is 0.166 e. The van der Waals surface area contributed by atoms with Crippen molar-refractivity contribution >= 4 is 19.6 Å². The average Bonchev–Trinajstić information content (AvgIpc) is 2.82. The maximum absolute atomic E-state index is 6.42. The van der Waals surface area contributed by atoms with Crippen LogP contribution in [0.2, 0.25) is 0 Å². The van der Waals surface area contributed by atoms with E-state index in [1.54, 1.807) is 14.2 Å². The van der Waals surface area contributed by atoms with Crippen molar-refractivity contribution < 1.29 is 14.2 Å². The molecule has 2 unspecified atom stereocenters. The third kappa shape index (κ3) is 5.37. The van der Waals surface area contributed by atoms with Gasteiger partial charge in [-0.3, -0.25) is 0 Å². The molecule has 0 fully saturated rings. The lowest BCUT2D eigenvalue weighted by atomic mass is 9.95. The van der Waals surface area contributed by atoms with Gasteiger partial charge in [-0.15, -0.1) is 0 Å². The molecule has 0 aliphatic rings. The molecule has 5 heteroatoms. The van der Waals surface area contributed by atoms with Crippen molar-refractivity contribution in [3.63, 3.8) is 0 Å². The SMILES string of the molecule is CCC(C)(Pc1ccccc1N(C)C)c1cc(OC)cc(OC)c1OCc1ccccc1. The number of nitrogens with zero attached hydrogens (tertiary/aromatic N) is 1. The number of benzene rings is 3. The Morgan fingerprint density at radius 3 is 2.22 bits per heavy atom. The molecule has 0 saturated heterocycles. The summed E-state index contributed by atoms with van der Waals surface area (Å²) in [5.74, 6) is 2.26. The number of rotatable bonds is 10. The Kier molecular flexibility index (Phi) is 8.04. The second-order valence-electron chi connectivity index (χ2n) is 8.20. The Bertz CT molecular complexity index is 1020. The molecular formula is C27H34NO3P. The molecule has 0 aliphatic heterocycles. The van der Waals surface area contributed by atoms with E-state index in [-0.39, 0.29) is 5.16 Å². The molecular weight excluding hydrogens is 417 g/mol. The van der Waals surface area contributed by atoms with Crippen molar-refractivity contribution in [3.8, 4) is 17.2 Å². The second-order valence-corrected chi connectivity index (χ2v) is 10.1. The zero-order chi connectivity index (χ0) is 23.1. The smallest absolute Gasteiger partial charge is 0.166 e. The molecule has 170 valence electrons. The minimum absolute atomic E-state index is 0.153. The van der Waals surface area contributed by atoms with Crippen LogP contribution in [0.1, 0.15) is 31.4 Å². The first kappa shape index (κ1) is 23.9. The van der Waals surface area contributed by atoms with Crippen LogP contribution in [0.4, 0.5) is 5.69 Å². The van der Waals surface area contributed by atoms with Crippen molar-refractivity contribution in [1.29, 1.82) is 0 Å². The van der Waals surface area contributed by atoms with Gasteiger partial charge in [0.1, 0.15) is 12.4 Å². The van der Waals surface area contributed by atoms with E-state index in [9.17, 15) is 0 Å². The molecule has 32 heavy (non-hydrogen) atoms. The van der Waals surface area contributed by atoms with E-state index in [2.05, 4.69) is 75.3 Å². The van der Waals surface area contributed by atoms with Crippen LogP contribution in [0, 0.1) is 0 Å². The van der Waals surface area contributed by atoms with Crippen molar-refractivity contribution in [3.05, 3.63) is 77.9 Å². The largest absolute Gasteiger partial charge is 0.497 e. The lowest BCUT2D eigenvalue weighted by Gasteiger charge is -2.33. The lowest BCUT2D eigenvalue weighted by Crippen LogP contribution is -2.23. The number of hydrogen-bond donors (Lipinski definition) is 0. The highest BCUT2D eigenvalue weighted by Crippen LogP contribution is 2.52. The van der Waals surface area contributed by atoms with Gasteiger partial charge in [0.25, 0.3) is 0 Å². The monoisotopic (exact) mass is 451 g/mol. The zero-order valence-corrected chi connectivity index (χ0v) is 20.9. The molecule has 0 bridgehead atoms. The standard InChI is InChI=1S/C27H34NO3P/c1-7-27(2,32-25-16-12-11-15-23(25)28(3)4)22-17-21(29-5)18-24(30-6)26(22)31-19-20-13-9-8-10-14-20/h8-18,32H,7,19H2,1-6H3. The number of hydrogen-bond acceptors (Lipinski definition) is 4. The van der Waals surface area contributed by atoms with Crippen molar-refractivity contribution in [2.24, 2.45) is 0 Å². The zero-order valence-electron chi connectivity index (χ0n) is 19.9. The Morgan fingerprint density at radius 2 is 1.59 bits per heavy atom. The summed E-state index contributed by atoms with van der Waals surface area (Å²) >= 11 is 0. The van der Waals surface area contributed by atoms with Crippen molar-refractivity contribution in [1.82, 2.24) is 0 Å². The van der Waals surface area contributed by atoms with Gasteiger partial charge in [-0.05, 0) is 29.4 Å². The van der Waals surface area contributed by atoms with Gasteiger partial charge >= 0.3 is 0 Å². The van der Waals surface area contributed by atoms with Crippen LogP contribution >= 0.6 is 8.58 Å². The number of methoxy groups -OCH3 is 2. The fraction of sp³-hybridized carbons (Fsp3) is 0.333. The molecule has 2 atom stereocenters. The highest BCUT2D eigenvalue weighted by Gasteiger charge is 2.32. The average molecular weight is 452 g/mol. The van der Waals surface area contributed by atoms with Crippen LogP contribution in [0.3, 0.4) is 0 Å². The highest BCUT2D eigenvalue weighted by atomic mass is 31.1. The summed E-state index contributed by atoms with van der Waals surface area (Å²) in [7, 11) is 8.11. The third-order valence-corrected chi connectivity index (χ3v) is 7.67. The first-order valence-electron chi connectivity index (χ1n) is 10.9. The quantitative estimate of drug-likeness (QED) is 0.355. The summed E-state index contributed by atoms with van der Waals surface area (Å²) in [6.45, 7) is 5.02. The van der Waals surface area contributed by atoms with E-state index in [0.29, 0.717) is 20.9 Å². The van der Waals surface area contributed by atoms with Gasteiger partial charge in [-0.2, -0.15) is 0 Å². The van der Waals surface area contributed by atoms with Gasteiger partial charge in [0.05, 0.1) is 14.2 Å². The molecule has 4 nitrogen and oxygen atoms in total. The molecule has 0 aliphatic carbocycles. The number of anilines is 1. The van der Waals surface area contributed by atoms with Crippen molar-refractivity contribution in [2.45, 2.75) is 32.0 Å². The normalized spacial score (nSPS) is 13.1. The van der Waals surface area contributed by atoms with Crippen LogP contribution < -0.4 is 24.4 Å². The minimum atomic E-state index is -0.153. The maximum atomic E-state index is 6.42. The van der Waals surface area contributed by atoms with Crippen LogP contribution in [0.15, 0.2) is 66.7 Å². The van der Waals surface area contributed by atoms with Crippen LogP contribution in [0.25, 0.3) is 0 Å². The van der Waals surface area contributed by atoms with Crippen LogP contribution in [-0.2, 0) is 11.8 Å².